The van der Waals surface area contributed by atoms with Crippen LogP contribution in [0.25, 0.3) is 0 Å². The number of benzene rings is 2. The van der Waals surface area contributed by atoms with E-state index in [0.29, 0.717) is 44.0 Å². The van der Waals surface area contributed by atoms with Crippen LogP contribution in [0.2, 0.25) is 5.02 Å². The van der Waals surface area contributed by atoms with E-state index < -0.39 is 10.0 Å². The molecular formula is C24H28ClN3O5S. The van der Waals surface area contributed by atoms with Crippen LogP contribution in [0.4, 0.5) is 0 Å². The number of ether oxygens (including phenoxy) is 2. The Hall–Kier alpha value is -2.33. The molecule has 2 aromatic rings. The molecule has 0 unspecified atom stereocenters. The summed E-state index contributed by atoms with van der Waals surface area (Å²) in [7, 11) is -3.57. The second-order valence-corrected chi connectivity index (χ2v) is 11.3. The van der Waals surface area contributed by atoms with E-state index in [9.17, 15) is 13.2 Å². The molecule has 0 spiro atoms. The average molecular weight is 506 g/mol. The first-order valence-electron chi connectivity index (χ1n) is 11.6. The van der Waals surface area contributed by atoms with E-state index in [1.165, 1.54) is 22.0 Å². The number of rotatable bonds is 5. The topological polar surface area (TPSA) is 79.4 Å². The lowest BCUT2D eigenvalue weighted by Crippen LogP contribution is -2.51. The van der Waals surface area contributed by atoms with Crippen molar-refractivity contribution in [2.45, 2.75) is 24.3 Å². The summed E-state index contributed by atoms with van der Waals surface area (Å²) in [5.74, 6) is 1.59. The molecule has 2 fully saturated rings. The molecule has 1 amide bonds. The minimum atomic E-state index is -3.57. The summed E-state index contributed by atoms with van der Waals surface area (Å²) in [4.78, 5) is 17.6. The van der Waals surface area contributed by atoms with Crippen LogP contribution >= 0.6 is 11.6 Å². The number of piperazine rings is 1. The van der Waals surface area contributed by atoms with Gasteiger partial charge < -0.3 is 14.4 Å². The molecule has 5 rings (SSSR count). The molecule has 0 aromatic heterocycles. The van der Waals surface area contributed by atoms with Gasteiger partial charge >= 0.3 is 0 Å². The van der Waals surface area contributed by atoms with E-state index in [0.717, 1.165) is 31.1 Å². The van der Waals surface area contributed by atoms with Gasteiger partial charge in [0.25, 0.3) is 0 Å². The third kappa shape index (κ3) is 4.88. The van der Waals surface area contributed by atoms with Crippen molar-refractivity contribution in [3.8, 4) is 11.5 Å². The maximum absolute atomic E-state index is 13.1. The van der Waals surface area contributed by atoms with E-state index in [4.69, 9.17) is 21.1 Å². The van der Waals surface area contributed by atoms with Gasteiger partial charge in [0, 0.05) is 56.8 Å². The Morgan fingerprint density at radius 1 is 0.912 bits per heavy atom. The van der Waals surface area contributed by atoms with Gasteiger partial charge in [-0.1, -0.05) is 17.7 Å². The number of fused-ring (bicyclic) bond motifs is 1. The molecule has 10 heteroatoms. The third-order valence-electron chi connectivity index (χ3n) is 6.78. The number of hydrogen-bond acceptors (Lipinski definition) is 6. The monoisotopic (exact) mass is 505 g/mol. The van der Waals surface area contributed by atoms with Gasteiger partial charge in [-0.05, 0) is 54.8 Å². The fraction of sp³-hybridized carbons (Fsp3) is 0.458. The van der Waals surface area contributed by atoms with E-state index in [-0.39, 0.29) is 23.5 Å². The van der Waals surface area contributed by atoms with Crippen LogP contribution in [-0.4, -0.2) is 74.5 Å². The van der Waals surface area contributed by atoms with Gasteiger partial charge in [0.2, 0.25) is 22.7 Å². The zero-order valence-electron chi connectivity index (χ0n) is 18.9. The molecule has 8 nitrogen and oxygen atoms in total. The van der Waals surface area contributed by atoms with Crippen molar-refractivity contribution in [1.82, 2.24) is 14.1 Å². The molecule has 0 N–H and O–H groups in total. The lowest BCUT2D eigenvalue weighted by Gasteiger charge is -2.38. The molecule has 182 valence electrons. The quantitative estimate of drug-likeness (QED) is 0.621. The Morgan fingerprint density at radius 3 is 2.29 bits per heavy atom. The number of piperidine rings is 1. The smallest absolute Gasteiger partial charge is 0.243 e. The highest BCUT2D eigenvalue weighted by molar-refractivity contribution is 7.89. The van der Waals surface area contributed by atoms with Gasteiger partial charge in [-0.2, -0.15) is 4.31 Å². The second-order valence-electron chi connectivity index (χ2n) is 8.92. The maximum atomic E-state index is 13.1. The number of amides is 1. The van der Waals surface area contributed by atoms with Crippen molar-refractivity contribution < 1.29 is 22.7 Å². The molecule has 34 heavy (non-hydrogen) atoms. The van der Waals surface area contributed by atoms with Gasteiger partial charge in [0.1, 0.15) is 0 Å². The molecule has 3 aliphatic heterocycles. The normalized spacial score (nSPS) is 20.0. The number of nitrogens with zero attached hydrogens (tertiary/aromatic N) is 3. The van der Waals surface area contributed by atoms with Crippen molar-refractivity contribution in [1.29, 1.82) is 0 Å². The maximum Gasteiger partial charge on any atom is 0.243 e. The summed E-state index contributed by atoms with van der Waals surface area (Å²) in [6, 6.07) is 12.2. The van der Waals surface area contributed by atoms with Crippen molar-refractivity contribution >= 4 is 27.5 Å². The van der Waals surface area contributed by atoms with Crippen molar-refractivity contribution in [3.63, 3.8) is 0 Å². The van der Waals surface area contributed by atoms with E-state index in [1.54, 1.807) is 12.1 Å². The van der Waals surface area contributed by atoms with Crippen LogP contribution in [0.3, 0.4) is 0 Å². The van der Waals surface area contributed by atoms with Crippen LogP contribution in [0.5, 0.6) is 11.5 Å². The molecule has 0 radical (unpaired) electrons. The average Bonchev–Trinajstić information content (AvgIpc) is 3.32. The lowest BCUT2D eigenvalue weighted by molar-refractivity contribution is -0.138. The minimum Gasteiger partial charge on any atom is -0.454 e. The minimum absolute atomic E-state index is 0.128. The molecular weight excluding hydrogens is 478 g/mol. The summed E-state index contributed by atoms with van der Waals surface area (Å²) in [5, 5.41) is 0.499. The van der Waals surface area contributed by atoms with Crippen LogP contribution < -0.4 is 9.47 Å². The van der Waals surface area contributed by atoms with Crippen LogP contribution in [0.15, 0.2) is 47.4 Å². The molecule has 2 aromatic carbocycles. The Bertz CT molecular complexity index is 1140. The Balaban J connectivity index is 1.11. The second kappa shape index (κ2) is 9.73. The summed E-state index contributed by atoms with van der Waals surface area (Å²) in [5.41, 5.74) is 1.17. The largest absolute Gasteiger partial charge is 0.454 e. The van der Waals surface area contributed by atoms with E-state index in [1.807, 2.05) is 17.0 Å². The first kappa shape index (κ1) is 23.4. The molecule has 0 saturated carbocycles. The lowest BCUT2D eigenvalue weighted by atomic mass is 9.96. The van der Waals surface area contributed by atoms with Gasteiger partial charge in [0.15, 0.2) is 11.5 Å². The SMILES string of the molecule is O=C(C1CCN(S(=O)(=O)c2ccc(Cl)cc2)CC1)N1CCN(Cc2ccc3c(c2)OCO3)CC1. The number of sulfonamides is 1. The molecule has 0 bridgehead atoms. The van der Waals surface area contributed by atoms with Crippen LogP contribution in [0, 0.1) is 5.92 Å². The highest BCUT2D eigenvalue weighted by atomic mass is 35.5. The Labute approximate surface area is 205 Å². The standard InChI is InChI=1S/C24H28ClN3O5S/c25-20-2-4-21(5-3-20)34(30,31)28-9-7-19(8-10-28)24(29)27-13-11-26(12-14-27)16-18-1-6-22-23(15-18)33-17-32-22/h1-6,15,19H,7-14,16-17H2. The summed E-state index contributed by atoms with van der Waals surface area (Å²) >= 11 is 5.88. The highest BCUT2D eigenvalue weighted by Crippen LogP contribution is 2.33. The Kier molecular flexibility index (Phi) is 6.70. The number of hydrogen-bond donors (Lipinski definition) is 0. The van der Waals surface area contributed by atoms with Crippen molar-refractivity contribution in [3.05, 3.63) is 53.1 Å². The fourth-order valence-electron chi connectivity index (χ4n) is 4.78. The number of carbonyl (C=O) groups excluding carboxylic acids is 1. The van der Waals surface area contributed by atoms with Gasteiger partial charge in [-0.3, -0.25) is 9.69 Å². The fourth-order valence-corrected chi connectivity index (χ4v) is 6.38. The summed E-state index contributed by atoms with van der Waals surface area (Å²) in [6.45, 7) is 4.77. The third-order valence-corrected chi connectivity index (χ3v) is 8.95. The number of carbonyl (C=O) groups is 1. The molecule has 3 heterocycles. The predicted molar refractivity (Wildman–Crippen MR) is 127 cm³/mol. The zero-order chi connectivity index (χ0) is 23.7. The zero-order valence-corrected chi connectivity index (χ0v) is 20.4. The molecule has 3 aliphatic rings. The predicted octanol–water partition coefficient (Wildman–Crippen LogP) is 2.81. The van der Waals surface area contributed by atoms with Crippen molar-refractivity contribution in [2.24, 2.45) is 5.92 Å². The summed E-state index contributed by atoms with van der Waals surface area (Å²) < 4.78 is 38.1. The summed E-state index contributed by atoms with van der Waals surface area (Å²) in [6.07, 6.45) is 1.09. The van der Waals surface area contributed by atoms with E-state index >= 15 is 0 Å². The van der Waals surface area contributed by atoms with Crippen LogP contribution in [0.1, 0.15) is 18.4 Å². The molecule has 0 atom stereocenters. The highest BCUT2D eigenvalue weighted by Gasteiger charge is 2.34. The van der Waals surface area contributed by atoms with Gasteiger partial charge in [-0.25, -0.2) is 8.42 Å². The first-order chi connectivity index (χ1) is 16.4. The van der Waals surface area contributed by atoms with Crippen LogP contribution in [-0.2, 0) is 21.4 Å². The molecule has 2 saturated heterocycles. The Morgan fingerprint density at radius 2 is 1.59 bits per heavy atom. The first-order valence-corrected chi connectivity index (χ1v) is 13.4. The molecule has 0 aliphatic carbocycles. The number of halogens is 1. The van der Waals surface area contributed by atoms with E-state index in [2.05, 4.69) is 11.0 Å². The van der Waals surface area contributed by atoms with Gasteiger partial charge in [0.05, 0.1) is 4.90 Å². The van der Waals surface area contributed by atoms with Gasteiger partial charge in [-0.15, -0.1) is 0 Å². The van der Waals surface area contributed by atoms with Crippen molar-refractivity contribution in [2.75, 3.05) is 46.1 Å².